The second-order valence-electron chi connectivity index (χ2n) is 6.98. The molecule has 1 N–H and O–H groups in total. The summed E-state index contributed by atoms with van der Waals surface area (Å²) in [5.74, 6) is -1.14. The van der Waals surface area contributed by atoms with Gasteiger partial charge in [-0.1, -0.05) is 18.2 Å². The van der Waals surface area contributed by atoms with Gasteiger partial charge in [-0.25, -0.2) is 27.7 Å². The van der Waals surface area contributed by atoms with E-state index in [0.29, 0.717) is 0 Å². The molecule has 9 nitrogen and oxygen atoms in total. The lowest BCUT2D eigenvalue weighted by atomic mass is 10.1. The summed E-state index contributed by atoms with van der Waals surface area (Å²) in [6.45, 7) is 1.73. The average Bonchev–Trinajstić information content (AvgIpc) is 2.78. The Labute approximate surface area is 188 Å². The van der Waals surface area contributed by atoms with Crippen LogP contribution in [0.2, 0.25) is 0 Å². The number of urea groups is 1. The lowest BCUT2D eigenvalue weighted by molar-refractivity contribution is -0.141. The normalized spacial score (nSPS) is 14.7. The van der Waals surface area contributed by atoms with Crippen molar-refractivity contribution in [3.63, 3.8) is 0 Å². The zero-order valence-electron chi connectivity index (χ0n) is 17.5. The van der Waals surface area contributed by atoms with E-state index in [1.165, 1.54) is 47.1 Å². The number of aromatic nitrogens is 1. The molecule has 1 aromatic carbocycles. The van der Waals surface area contributed by atoms with E-state index in [-0.39, 0.29) is 43.5 Å². The maximum absolute atomic E-state index is 13.5. The zero-order valence-corrected chi connectivity index (χ0v) is 18.3. The highest BCUT2D eigenvalue weighted by atomic mass is 32.2. The lowest BCUT2D eigenvalue weighted by Crippen LogP contribution is -2.53. The second kappa shape index (κ2) is 9.65. The van der Waals surface area contributed by atoms with Crippen molar-refractivity contribution in [1.29, 1.82) is 0 Å². The fraction of sp³-hybridized carbons (Fsp3) is 0.350. The highest BCUT2D eigenvalue weighted by Crippen LogP contribution is 2.32. The number of piperazine rings is 1. The van der Waals surface area contributed by atoms with Crippen molar-refractivity contribution in [2.24, 2.45) is 0 Å². The van der Waals surface area contributed by atoms with Crippen molar-refractivity contribution in [2.45, 2.75) is 18.0 Å². The van der Waals surface area contributed by atoms with Crippen molar-refractivity contribution < 1.29 is 35.9 Å². The van der Waals surface area contributed by atoms with Crippen molar-refractivity contribution in [2.75, 3.05) is 37.7 Å². The topological polar surface area (TPSA) is 109 Å². The van der Waals surface area contributed by atoms with E-state index < -0.39 is 39.5 Å². The third-order valence-electron chi connectivity index (χ3n) is 4.81. The van der Waals surface area contributed by atoms with Gasteiger partial charge in [0.15, 0.2) is 5.69 Å². The SMILES string of the molecule is CCOC(=O)c1ccc(N2CCN(C(=O)NS(=O)(=O)c3ccccc3)CC2)nc1C(F)(F)F. The molecule has 1 aliphatic heterocycles. The van der Waals surface area contributed by atoms with Crippen LogP contribution >= 0.6 is 0 Å². The maximum Gasteiger partial charge on any atom is 0.434 e. The van der Waals surface area contributed by atoms with Gasteiger partial charge in [0, 0.05) is 26.2 Å². The summed E-state index contributed by atoms with van der Waals surface area (Å²) < 4.78 is 71.6. The van der Waals surface area contributed by atoms with Crippen LogP contribution in [0, 0.1) is 0 Å². The summed E-state index contributed by atoms with van der Waals surface area (Å²) >= 11 is 0. The number of hydrogen-bond donors (Lipinski definition) is 1. The molecule has 0 unspecified atom stereocenters. The van der Waals surface area contributed by atoms with Crippen molar-refractivity contribution >= 4 is 27.8 Å². The summed E-state index contributed by atoms with van der Waals surface area (Å²) in [5, 5.41) is 0. The maximum atomic E-state index is 13.5. The Morgan fingerprint density at radius 2 is 1.70 bits per heavy atom. The van der Waals surface area contributed by atoms with E-state index in [0.717, 1.165) is 6.07 Å². The van der Waals surface area contributed by atoms with Gasteiger partial charge in [-0.3, -0.25) is 0 Å². The number of sulfonamides is 1. The van der Waals surface area contributed by atoms with Gasteiger partial charge in [0.05, 0.1) is 17.1 Å². The number of nitrogens with zero attached hydrogens (tertiary/aromatic N) is 3. The van der Waals surface area contributed by atoms with E-state index >= 15 is 0 Å². The Morgan fingerprint density at radius 3 is 2.27 bits per heavy atom. The average molecular weight is 486 g/mol. The van der Waals surface area contributed by atoms with Gasteiger partial charge < -0.3 is 14.5 Å². The molecule has 0 aliphatic carbocycles. The summed E-state index contributed by atoms with van der Waals surface area (Å²) in [5.41, 5.74) is -2.04. The largest absolute Gasteiger partial charge is 0.462 e. The molecule has 2 aromatic rings. The van der Waals surface area contributed by atoms with Gasteiger partial charge in [0.25, 0.3) is 10.0 Å². The number of amides is 2. The highest BCUT2D eigenvalue weighted by molar-refractivity contribution is 7.90. The van der Waals surface area contributed by atoms with Crippen LogP contribution < -0.4 is 9.62 Å². The molecule has 3 rings (SSSR count). The van der Waals surface area contributed by atoms with Gasteiger partial charge in [-0.2, -0.15) is 13.2 Å². The van der Waals surface area contributed by atoms with Gasteiger partial charge in [-0.05, 0) is 31.2 Å². The summed E-state index contributed by atoms with van der Waals surface area (Å²) in [6.07, 6.45) is -4.87. The molecule has 1 saturated heterocycles. The number of halogens is 3. The highest BCUT2D eigenvalue weighted by Gasteiger charge is 2.38. The molecule has 1 aromatic heterocycles. The number of benzene rings is 1. The van der Waals surface area contributed by atoms with Gasteiger partial charge >= 0.3 is 18.2 Å². The molecule has 0 spiro atoms. The van der Waals surface area contributed by atoms with Crippen LogP contribution in [0.25, 0.3) is 0 Å². The van der Waals surface area contributed by atoms with Crippen molar-refractivity contribution in [3.8, 4) is 0 Å². The van der Waals surface area contributed by atoms with Gasteiger partial charge in [-0.15, -0.1) is 0 Å². The number of carbonyl (C=O) groups is 2. The quantitative estimate of drug-likeness (QED) is 0.647. The molecule has 0 radical (unpaired) electrons. The Kier molecular flexibility index (Phi) is 7.10. The van der Waals surface area contributed by atoms with Crippen LogP contribution in [0.1, 0.15) is 23.0 Å². The molecular formula is C20H21F3N4O5S. The first-order chi connectivity index (χ1) is 15.5. The first kappa shape index (κ1) is 24.3. The number of carbonyl (C=O) groups excluding carboxylic acids is 2. The molecule has 0 atom stereocenters. The van der Waals surface area contributed by atoms with E-state index in [1.807, 2.05) is 4.72 Å². The van der Waals surface area contributed by atoms with Crippen LogP contribution in [-0.2, 0) is 20.9 Å². The number of anilines is 1. The first-order valence-corrected chi connectivity index (χ1v) is 11.4. The molecular weight excluding hydrogens is 465 g/mol. The predicted octanol–water partition coefficient (Wildman–Crippen LogP) is 2.50. The number of esters is 1. The number of pyridine rings is 1. The summed E-state index contributed by atoms with van der Waals surface area (Å²) in [4.78, 5) is 30.6. The fourth-order valence-corrected chi connectivity index (χ4v) is 4.18. The minimum absolute atomic E-state index is 0.0210. The van der Waals surface area contributed by atoms with Crippen LogP contribution in [-0.4, -0.2) is 63.1 Å². The Hall–Kier alpha value is -3.35. The van der Waals surface area contributed by atoms with Crippen molar-refractivity contribution in [3.05, 3.63) is 53.7 Å². The van der Waals surface area contributed by atoms with Crippen molar-refractivity contribution in [1.82, 2.24) is 14.6 Å². The molecule has 0 saturated carbocycles. The number of hydrogen-bond acceptors (Lipinski definition) is 7. The zero-order chi connectivity index (χ0) is 24.2. The molecule has 1 fully saturated rings. The molecule has 1 aliphatic rings. The van der Waals surface area contributed by atoms with E-state index in [4.69, 9.17) is 0 Å². The van der Waals surface area contributed by atoms with Crippen LogP contribution in [0.3, 0.4) is 0 Å². The molecule has 178 valence electrons. The summed E-state index contributed by atoms with van der Waals surface area (Å²) in [7, 11) is -4.05. The third kappa shape index (κ3) is 5.72. The predicted molar refractivity (Wildman–Crippen MR) is 111 cm³/mol. The Balaban J connectivity index is 1.69. The molecule has 13 heteroatoms. The van der Waals surface area contributed by atoms with Crippen LogP contribution in [0.4, 0.5) is 23.8 Å². The number of nitrogens with one attached hydrogen (secondary N) is 1. The van der Waals surface area contributed by atoms with Gasteiger partial charge in [0.2, 0.25) is 0 Å². The van der Waals surface area contributed by atoms with E-state index in [9.17, 15) is 31.2 Å². The number of ether oxygens (including phenoxy) is 1. The summed E-state index contributed by atoms with van der Waals surface area (Å²) in [6, 6.07) is 8.82. The van der Waals surface area contributed by atoms with Crippen LogP contribution in [0.15, 0.2) is 47.4 Å². The molecule has 33 heavy (non-hydrogen) atoms. The molecule has 2 heterocycles. The van der Waals surface area contributed by atoms with Crippen LogP contribution in [0.5, 0.6) is 0 Å². The monoisotopic (exact) mass is 486 g/mol. The van der Waals surface area contributed by atoms with E-state index in [1.54, 1.807) is 6.07 Å². The third-order valence-corrected chi connectivity index (χ3v) is 6.15. The number of rotatable bonds is 5. The molecule has 0 bridgehead atoms. The van der Waals surface area contributed by atoms with Gasteiger partial charge in [0.1, 0.15) is 5.82 Å². The number of alkyl halides is 3. The first-order valence-electron chi connectivity index (χ1n) is 9.90. The Bertz CT molecular complexity index is 1120. The van der Waals surface area contributed by atoms with E-state index in [2.05, 4.69) is 9.72 Å². The fourth-order valence-electron chi connectivity index (χ4n) is 3.19. The minimum Gasteiger partial charge on any atom is -0.462 e. The molecule has 2 amide bonds. The lowest BCUT2D eigenvalue weighted by Gasteiger charge is -2.35. The Morgan fingerprint density at radius 1 is 1.06 bits per heavy atom. The standard InChI is InChI=1S/C20H21F3N4O5S/c1-2-32-18(28)15-8-9-16(24-17(15)20(21,22)23)26-10-12-27(13-11-26)19(29)25-33(30,31)14-6-4-3-5-7-14/h3-9H,2,10-13H2,1H3,(H,25,29). The smallest absolute Gasteiger partial charge is 0.434 e. The minimum atomic E-state index is -4.87. The second-order valence-corrected chi connectivity index (χ2v) is 8.66.